The highest BCUT2D eigenvalue weighted by Crippen LogP contribution is 2.28. The van der Waals surface area contributed by atoms with E-state index in [4.69, 9.17) is 0 Å². The average molecular weight is 326 g/mol. The summed E-state index contributed by atoms with van der Waals surface area (Å²) >= 11 is 0. The number of nitrogens with zero attached hydrogens (tertiary/aromatic N) is 1. The number of hydrogen-bond acceptors (Lipinski definition) is 2. The first-order valence-corrected chi connectivity index (χ1v) is 7.94. The van der Waals surface area contributed by atoms with Crippen molar-refractivity contribution in [2.24, 2.45) is 0 Å². The number of benzene rings is 2. The molecule has 0 aliphatic carbocycles. The van der Waals surface area contributed by atoms with Gasteiger partial charge in [0.05, 0.1) is 11.3 Å². The van der Waals surface area contributed by atoms with Gasteiger partial charge in [-0.25, -0.2) is 4.39 Å². The minimum atomic E-state index is -0.407. The zero-order chi connectivity index (χ0) is 17.3. The predicted molar refractivity (Wildman–Crippen MR) is 91.9 cm³/mol. The minimum absolute atomic E-state index is 0.0230. The van der Waals surface area contributed by atoms with Crippen LogP contribution in [-0.4, -0.2) is 18.4 Å². The summed E-state index contributed by atoms with van der Waals surface area (Å²) in [4.78, 5) is 26.4. The number of carbonyl (C=O) groups is 2. The van der Waals surface area contributed by atoms with E-state index < -0.39 is 5.82 Å². The smallest absolute Gasteiger partial charge is 0.257 e. The summed E-state index contributed by atoms with van der Waals surface area (Å²) in [5.41, 5.74) is 3.16. The second-order valence-corrected chi connectivity index (χ2v) is 6.08. The molecule has 2 aromatic carbocycles. The molecule has 1 fully saturated rings. The van der Waals surface area contributed by atoms with Gasteiger partial charge in [-0.05, 0) is 50.1 Å². The maximum absolute atomic E-state index is 13.4. The van der Waals surface area contributed by atoms with Gasteiger partial charge in [-0.15, -0.1) is 0 Å². The predicted octanol–water partition coefficient (Wildman–Crippen LogP) is 3.82. The van der Waals surface area contributed by atoms with Crippen molar-refractivity contribution in [2.75, 3.05) is 16.8 Å². The number of carbonyl (C=O) groups excluding carboxylic acids is 2. The Hall–Kier alpha value is -2.69. The molecule has 0 aromatic heterocycles. The first-order valence-electron chi connectivity index (χ1n) is 7.94. The van der Waals surface area contributed by atoms with Gasteiger partial charge < -0.3 is 10.2 Å². The van der Waals surface area contributed by atoms with Crippen molar-refractivity contribution in [1.82, 2.24) is 0 Å². The number of aryl methyl sites for hydroxylation is 2. The topological polar surface area (TPSA) is 49.4 Å². The molecule has 0 spiro atoms. The molecule has 2 amide bonds. The van der Waals surface area contributed by atoms with Crippen molar-refractivity contribution in [3.05, 3.63) is 58.9 Å². The summed E-state index contributed by atoms with van der Waals surface area (Å²) in [6, 6.07) is 9.70. The van der Waals surface area contributed by atoms with E-state index in [9.17, 15) is 14.0 Å². The summed E-state index contributed by atoms with van der Waals surface area (Å²) in [6.07, 6.45) is 1.29. The van der Waals surface area contributed by atoms with Gasteiger partial charge in [-0.3, -0.25) is 9.59 Å². The summed E-state index contributed by atoms with van der Waals surface area (Å²) in [5, 5.41) is 2.76. The van der Waals surface area contributed by atoms with E-state index in [0.29, 0.717) is 29.9 Å². The maximum Gasteiger partial charge on any atom is 0.257 e. The van der Waals surface area contributed by atoms with Crippen LogP contribution in [0.2, 0.25) is 0 Å². The zero-order valence-corrected chi connectivity index (χ0v) is 13.7. The van der Waals surface area contributed by atoms with Crippen molar-refractivity contribution in [3.63, 3.8) is 0 Å². The quantitative estimate of drug-likeness (QED) is 0.932. The number of halogens is 1. The van der Waals surface area contributed by atoms with E-state index in [2.05, 4.69) is 5.32 Å². The van der Waals surface area contributed by atoms with E-state index in [0.717, 1.165) is 17.5 Å². The normalized spacial score (nSPS) is 14.1. The van der Waals surface area contributed by atoms with Crippen LogP contribution in [-0.2, 0) is 4.79 Å². The molecule has 5 heteroatoms. The summed E-state index contributed by atoms with van der Waals surface area (Å²) in [7, 11) is 0. The Morgan fingerprint density at radius 1 is 1.17 bits per heavy atom. The molecule has 0 atom stereocenters. The molecular weight excluding hydrogens is 307 g/mol. The van der Waals surface area contributed by atoms with E-state index in [1.54, 1.807) is 30.0 Å². The SMILES string of the molecule is Cc1ccc(N2CCCC2=O)c(C(=O)Nc2cc(F)ccc2C)c1. The number of hydrogen-bond donors (Lipinski definition) is 1. The molecule has 0 bridgehead atoms. The highest BCUT2D eigenvalue weighted by molar-refractivity contribution is 6.11. The highest BCUT2D eigenvalue weighted by Gasteiger charge is 2.26. The number of anilines is 2. The highest BCUT2D eigenvalue weighted by atomic mass is 19.1. The third kappa shape index (κ3) is 3.15. The van der Waals surface area contributed by atoms with Crippen LogP contribution in [0, 0.1) is 19.7 Å². The van der Waals surface area contributed by atoms with Crippen LogP contribution in [0.3, 0.4) is 0 Å². The molecule has 0 radical (unpaired) electrons. The molecule has 24 heavy (non-hydrogen) atoms. The molecule has 0 saturated carbocycles. The minimum Gasteiger partial charge on any atom is -0.322 e. The van der Waals surface area contributed by atoms with Crippen LogP contribution in [0.1, 0.15) is 34.3 Å². The van der Waals surface area contributed by atoms with Crippen molar-refractivity contribution < 1.29 is 14.0 Å². The first-order chi connectivity index (χ1) is 11.5. The van der Waals surface area contributed by atoms with Gasteiger partial charge >= 0.3 is 0 Å². The molecule has 4 nitrogen and oxygen atoms in total. The molecule has 1 saturated heterocycles. The van der Waals surface area contributed by atoms with Crippen LogP contribution in [0.25, 0.3) is 0 Å². The Morgan fingerprint density at radius 3 is 2.67 bits per heavy atom. The fourth-order valence-corrected chi connectivity index (χ4v) is 2.89. The Labute approximate surface area is 140 Å². The van der Waals surface area contributed by atoms with Crippen LogP contribution >= 0.6 is 0 Å². The second kappa shape index (κ2) is 6.43. The lowest BCUT2D eigenvalue weighted by molar-refractivity contribution is -0.117. The Bertz CT molecular complexity index is 817. The van der Waals surface area contributed by atoms with Gasteiger partial charge in [-0.2, -0.15) is 0 Å². The zero-order valence-electron chi connectivity index (χ0n) is 13.7. The monoisotopic (exact) mass is 326 g/mol. The molecule has 0 unspecified atom stereocenters. The van der Waals surface area contributed by atoms with Gasteiger partial charge in [0.15, 0.2) is 0 Å². The van der Waals surface area contributed by atoms with Gasteiger partial charge in [0.25, 0.3) is 5.91 Å². The Kier molecular flexibility index (Phi) is 4.34. The molecule has 1 aliphatic rings. The van der Waals surface area contributed by atoms with E-state index in [1.807, 2.05) is 13.0 Å². The number of nitrogens with one attached hydrogen (secondary N) is 1. The lowest BCUT2D eigenvalue weighted by atomic mass is 10.1. The Morgan fingerprint density at radius 2 is 1.96 bits per heavy atom. The van der Waals surface area contributed by atoms with Crippen molar-refractivity contribution in [2.45, 2.75) is 26.7 Å². The van der Waals surface area contributed by atoms with Crippen molar-refractivity contribution >= 4 is 23.2 Å². The molecule has 124 valence electrons. The molecule has 2 aromatic rings. The largest absolute Gasteiger partial charge is 0.322 e. The maximum atomic E-state index is 13.4. The van der Waals surface area contributed by atoms with Crippen molar-refractivity contribution in [3.8, 4) is 0 Å². The molecule has 1 N–H and O–H groups in total. The van der Waals surface area contributed by atoms with E-state index in [-0.39, 0.29) is 11.8 Å². The van der Waals surface area contributed by atoms with Crippen molar-refractivity contribution in [1.29, 1.82) is 0 Å². The average Bonchev–Trinajstić information content (AvgIpc) is 2.97. The lowest BCUT2D eigenvalue weighted by Crippen LogP contribution is -2.27. The number of rotatable bonds is 3. The fourth-order valence-electron chi connectivity index (χ4n) is 2.89. The second-order valence-electron chi connectivity index (χ2n) is 6.08. The third-order valence-corrected chi connectivity index (χ3v) is 4.21. The molecule has 3 rings (SSSR count). The van der Waals surface area contributed by atoms with Crippen LogP contribution < -0.4 is 10.2 Å². The van der Waals surface area contributed by atoms with Gasteiger partial charge in [0, 0.05) is 18.7 Å². The first kappa shape index (κ1) is 16.2. The van der Waals surface area contributed by atoms with Gasteiger partial charge in [0.2, 0.25) is 5.91 Å². The fraction of sp³-hybridized carbons (Fsp3) is 0.263. The summed E-state index contributed by atoms with van der Waals surface area (Å²) < 4.78 is 13.4. The van der Waals surface area contributed by atoms with Gasteiger partial charge in [-0.1, -0.05) is 17.7 Å². The third-order valence-electron chi connectivity index (χ3n) is 4.21. The lowest BCUT2D eigenvalue weighted by Gasteiger charge is -2.20. The van der Waals surface area contributed by atoms with Crippen LogP contribution in [0.15, 0.2) is 36.4 Å². The molecule has 1 heterocycles. The summed E-state index contributed by atoms with van der Waals surface area (Å²) in [6.45, 7) is 4.30. The Balaban J connectivity index is 1.95. The van der Waals surface area contributed by atoms with Crippen LogP contribution in [0.5, 0.6) is 0 Å². The van der Waals surface area contributed by atoms with Gasteiger partial charge in [0.1, 0.15) is 5.82 Å². The van der Waals surface area contributed by atoms with E-state index in [1.165, 1.54) is 12.1 Å². The van der Waals surface area contributed by atoms with Crippen LogP contribution in [0.4, 0.5) is 15.8 Å². The standard InChI is InChI=1S/C19H19FN2O2/c1-12-5-8-17(22-9-3-4-18(22)23)15(10-12)19(24)21-16-11-14(20)7-6-13(16)2/h5-8,10-11H,3-4,9H2,1-2H3,(H,21,24). The summed E-state index contributed by atoms with van der Waals surface area (Å²) in [5.74, 6) is -0.730. The molecule has 1 aliphatic heterocycles. The number of amides is 2. The molecular formula is C19H19FN2O2. The van der Waals surface area contributed by atoms with E-state index >= 15 is 0 Å².